The van der Waals surface area contributed by atoms with Crippen LogP contribution >= 0.6 is 0 Å². The van der Waals surface area contributed by atoms with Crippen LogP contribution < -0.4 is 11.2 Å². The fourth-order valence-corrected chi connectivity index (χ4v) is 2.46. The Balaban J connectivity index is 2.29. The van der Waals surface area contributed by atoms with E-state index in [1.165, 1.54) is 15.2 Å². The van der Waals surface area contributed by atoms with Crippen LogP contribution in [0.5, 0.6) is 0 Å². The second kappa shape index (κ2) is 5.04. The van der Waals surface area contributed by atoms with Gasteiger partial charge in [-0.1, -0.05) is 23.6 Å². The first kappa shape index (κ1) is 13.9. The van der Waals surface area contributed by atoms with E-state index in [1.807, 2.05) is 32.0 Å². The number of aromatic nitrogens is 4. The third kappa shape index (κ3) is 2.04. The Morgan fingerprint density at radius 1 is 1.23 bits per heavy atom. The van der Waals surface area contributed by atoms with E-state index in [4.69, 9.17) is 6.42 Å². The maximum atomic E-state index is 12.6. The van der Waals surface area contributed by atoms with Gasteiger partial charge in [-0.05, 0) is 25.5 Å². The Bertz CT molecular complexity index is 1030. The normalized spacial score (nSPS) is 10.8. The van der Waals surface area contributed by atoms with Crippen molar-refractivity contribution in [1.82, 2.24) is 18.7 Å². The molecule has 0 radical (unpaired) electrons. The summed E-state index contributed by atoms with van der Waals surface area (Å²) in [5.74, 6) is 2.35. The van der Waals surface area contributed by atoms with Crippen LogP contribution in [0.2, 0.25) is 0 Å². The molecule has 0 unspecified atom stereocenters. The molecule has 0 saturated heterocycles. The van der Waals surface area contributed by atoms with E-state index >= 15 is 0 Å². The summed E-state index contributed by atoms with van der Waals surface area (Å²) in [6.07, 6.45) is 8.29. The van der Waals surface area contributed by atoms with Gasteiger partial charge in [0.05, 0.1) is 5.69 Å². The zero-order valence-electron chi connectivity index (χ0n) is 12.3. The van der Waals surface area contributed by atoms with Crippen molar-refractivity contribution in [3.05, 3.63) is 62.6 Å². The Morgan fingerprint density at radius 2 is 2.00 bits per heavy atom. The molecule has 0 aliphatic carbocycles. The van der Waals surface area contributed by atoms with Gasteiger partial charge in [0.2, 0.25) is 5.65 Å². The van der Waals surface area contributed by atoms with Crippen molar-refractivity contribution < 1.29 is 0 Å². The highest BCUT2D eigenvalue weighted by molar-refractivity contribution is 5.45. The maximum Gasteiger partial charge on any atom is 0.351 e. The number of hydrogen-bond donors (Lipinski definition) is 0. The lowest BCUT2D eigenvalue weighted by Gasteiger charge is -2.09. The number of aryl methyl sites for hydroxylation is 2. The summed E-state index contributed by atoms with van der Waals surface area (Å²) in [6, 6.07) is 5.80. The molecule has 0 saturated carbocycles. The van der Waals surface area contributed by atoms with Crippen molar-refractivity contribution >= 4 is 5.65 Å². The Labute approximate surface area is 126 Å². The van der Waals surface area contributed by atoms with Crippen LogP contribution in [-0.2, 0) is 6.54 Å². The molecule has 0 spiro atoms. The van der Waals surface area contributed by atoms with Crippen molar-refractivity contribution in [2.24, 2.45) is 0 Å². The van der Waals surface area contributed by atoms with Crippen LogP contribution in [0.25, 0.3) is 11.3 Å². The van der Waals surface area contributed by atoms with Gasteiger partial charge in [-0.25, -0.2) is 13.9 Å². The summed E-state index contributed by atoms with van der Waals surface area (Å²) in [7, 11) is 0. The van der Waals surface area contributed by atoms with Crippen molar-refractivity contribution in [3.8, 4) is 18.0 Å². The van der Waals surface area contributed by atoms with Gasteiger partial charge in [-0.2, -0.15) is 0 Å². The molecule has 1 aromatic carbocycles. The van der Waals surface area contributed by atoms with E-state index < -0.39 is 5.69 Å². The lowest BCUT2D eigenvalue weighted by atomic mass is 10.1. The number of nitrogens with zero attached hydrogens (tertiary/aromatic N) is 4. The first-order valence-corrected chi connectivity index (χ1v) is 6.75. The number of hydrogen-bond acceptors (Lipinski definition) is 3. The van der Waals surface area contributed by atoms with Crippen LogP contribution in [0.1, 0.15) is 11.1 Å². The molecule has 0 bridgehead atoms. The summed E-state index contributed by atoms with van der Waals surface area (Å²) < 4.78 is 3.79. The maximum absolute atomic E-state index is 12.6. The van der Waals surface area contributed by atoms with E-state index in [2.05, 4.69) is 11.0 Å². The fraction of sp³-hybridized carbons (Fsp3) is 0.188. The average molecular weight is 294 g/mol. The first-order valence-electron chi connectivity index (χ1n) is 6.75. The standard InChI is InChI=1S/C16H14N4O2/c1-4-7-20-16(22)19-9-8-18(15(21)14(19)17-20)13-6-5-11(2)10-12(13)3/h1,5-6,8-10H,7H2,2-3H3. The topological polar surface area (TPSA) is 61.3 Å². The fourth-order valence-electron chi connectivity index (χ4n) is 2.46. The second-order valence-electron chi connectivity index (χ2n) is 5.10. The third-order valence-electron chi connectivity index (χ3n) is 3.50. The number of benzene rings is 1. The molecular formula is C16H14N4O2. The molecule has 0 aliphatic heterocycles. The molecule has 22 heavy (non-hydrogen) atoms. The summed E-state index contributed by atoms with van der Waals surface area (Å²) in [6.45, 7) is 3.95. The zero-order valence-corrected chi connectivity index (χ0v) is 12.3. The lowest BCUT2D eigenvalue weighted by molar-refractivity contribution is 0.684. The molecule has 3 rings (SSSR count). The molecule has 110 valence electrons. The minimum absolute atomic E-state index is 0.0313. The van der Waals surface area contributed by atoms with Gasteiger partial charge in [0, 0.05) is 12.4 Å². The first-order chi connectivity index (χ1) is 10.5. The molecule has 0 N–H and O–H groups in total. The van der Waals surface area contributed by atoms with E-state index in [1.54, 1.807) is 6.20 Å². The zero-order chi connectivity index (χ0) is 15.9. The van der Waals surface area contributed by atoms with Crippen molar-refractivity contribution in [2.75, 3.05) is 0 Å². The number of terminal acetylenes is 1. The molecule has 6 nitrogen and oxygen atoms in total. The van der Waals surface area contributed by atoms with E-state index in [-0.39, 0.29) is 17.8 Å². The minimum atomic E-state index is -0.419. The molecule has 6 heteroatoms. The number of rotatable bonds is 2. The molecular weight excluding hydrogens is 280 g/mol. The highest BCUT2D eigenvalue weighted by atomic mass is 16.2. The van der Waals surface area contributed by atoms with Crippen LogP contribution in [0, 0.1) is 26.2 Å². The summed E-state index contributed by atoms with van der Waals surface area (Å²) in [5.41, 5.74) is 2.13. The number of fused-ring (bicyclic) bond motifs is 1. The van der Waals surface area contributed by atoms with Gasteiger partial charge < -0.3 is 0 Å². The average Bonchev–Trinajstić information content (AvgIpc) is 2.79. The predicted molar refractivity (Wildman–Crippen MR) is 83.4 cm³/mol. The van der Waals surface area contributed by atoms with Gasteiger partial charge in [-0.3, -0.25) is 9.36 Å². The lowest BCUT2D eigenvalue weighted by Crippen LogP contribution is -2.24. The molecule has 2 aromatic heterocycles. The largest absolute Gasteiger partial charge is 0.351 e. The Hall–Kier alpha value is -3.07. The highest BCUT2D eigenvalue weighted by Crippen LogP contribution is 2.13. The van der Waals surface area contributed by atoms with Gasteiger partial charge in [0.15, 0.2) is 0 Å². The van der Waals surface area contributed by atoms with Gasteiger partial charge >= 0.3 is 11.2 Å². The highest BCUT2D eigenvalue weighted by Gasteiger charge is 2.13. The van der Waals surface area contributed by atoms with Gasteiger partial charge in [0.1, 0.15) is 6.54 Å². The van der Waals surface area contributed by atoms with Gasteiger partial charge in [-0.15, -0.1) is 11.5 Å². The Morgan fingerprint density at radius 3 is 2.68 bits per heavy atom. The van der Waals surface area contributed by atoms with Crippen molar-refractivity contribution in [1.29, 1.82) is 0 Å². The van der Waals surface area contributed by atoms with Crippen LogP contribution in [0.4, 0.5) is 0 Å². The van der Waals surface area contributed by atoms with Crippen molar-refractivity contribution in [2.45, 2.75) is 20.4 Å². The SMILES string of the molecule is C#CCn1nc2c(=O)n(-c3ccc(C)cc3C)ccn2c1=O. The minimum Gasteiger partial charge on any atom is -0.279 e. The predicted octanol–water partition coefficient (Wildman–Crippen LogP) is 0.897. The third-order valence-corrected chi connectivity index (χ3v) is 3.50. The Kier molecular flexibility index (Phi) is 3.18. The second-order valence-corrected chi connectivity index (χ2v) is 5.10. The molecule has 3 aromatic rings. The quantitative estimate of drug-likeness (QED) is 0.660. The van der Waals surface area contributed by atoms with Crippen LogP contribution in [-0.4, -0.2) is 18.7 Å². The monoisotopic (exact) mass is 294 g/mol. The molecule has 0 fully saturated rings. The van der Waals surface area contributed by atoms with Crippen LogP contribution in [0.3, 0.4) is 0 Å². The van der Waals surface area contributed by atoms with E-state index in [9.17, 15) is 9.59 Å². The van der Waals surface area contributed by atoms with Crippen LogP contribution in [0.15, 0.2) is 40.2 Å². The van der Waals surface area contributed by atoms with Crippen molar-refractivity contribution in [3.63, 3.8) is 0 Å². The molecule has 2 heterocycles. The summed E-state index contributed by atoms with van der Waals surface area (Å²) in [4.78, 5) is 24.7. The summed E-state index contributed by atoms with van der Waals surface area (Å²) >= 11 is 0. The van der Waals surface area contributed by atoms with E-state index in [0.29, 0.717) is 0 Å². The molecule has 0 atom stereocenters. The summed E-state index contributed by atoms with van der Waals surface area (Å²) in [5, 5.41) is 4.03. The molecule has 0 aliphatic rings. The smallest absolute Gasteiger partial charge is 0.279 e. The molecule has 0 amide bonds. The van der Waals surface area contributed by atoms with Gasteiger partial charge in [0.25, 0.3) is 0 Å². The van der Waals surface area contributed by atoms with E-state index in [0.717, 1.165) is 21.5 Å².